The molecular weight excluding hydrogens is 354 g/mol. The van der Waals surface area contributed by atoms with Crippen LogP contribution in [-0.2, 0) is 6.54 Å². The summed E-state index contributed by atoms with van der Waals surface area (Å²) in [5.41, 5.74) is 0.533. The summed E-state index contributed by atoms with van der Waals surface area (Å²) in [6.45, 7) is 6.43. The summed E-state index contributed by atoms with van der Waals surface area (Å²) in [6.07, 6.45) is 3.38. The van der Waals surface area contributed by atoms with Crippen molar-refractivity contribution in [1.29, 1.82) is 0 Å². The largest absolute Gasteiger partial charge is 0.369 e. The number of anilines is 1. The lowest BCUT2D eigenvalue weighted by Gasteiger charge is -2.36. The van der Waals surface area contributed by atoms with Crippen molar-refractivity contribution < 1.29 is 8.78 Å². The minimum absolute atomic E-state index is 0.338. The highest BCUT2D eigenvalue weighted by Crippen LogP contribution is 2.19. The Bertz CT molecular complexity index is 901. The molecule has 0 aliphatic carbocycles. The second-order valence-electron chi connectivity index (χ2n) is 6.90. The van der Waals surface area contributed by atoms with E-state index in [2.05, 4.69) is 14.8 Å². The van der Waals surface area contributed by atoms with Crippen LogP contribution in [-0.4, -0.2) is 47.2 Å². The fourth-order valence-corrected chi connectivity index (χ4v) is 3.31. The summed E-state index contributed by atoms with van der Waals surface area (Å²) in [5.74, 6) is -1.64. The number of aryl methyl sites for hydroxylation is 2. The Labute approximate surface area is 156 Å². The maximum Gasteiger partial charge on any atom is 0.328 e. The molecule has 2 heterocycles. The van der Waals surface area contributed by atoms with Crippen LogP contribution in [0.2, 0.25) is 0 Å². The van der Waals surface area contributed by atoms with Crippen LogP contribution in [0.3, 0.4) is 0 Å². The molecule has 1 aromatic carbocycles. The zero-order chi connectivity index (χ0) is 19.4. The van der Waals surface area contributed by atoms with Crippen LogP contribution in [0.25, 0.3) is 0 Å². The van der Waals surface area contributed by atoms with Crippen LogP contribution in [0.4, 0.5) is 14.5 Å². The van der Waals surface area contributed by atoms with Gasteiger partial charge in [-0.05, 0) is 38.4 Å². The summed E-state index contributed by atoms with van der Waals surface area (Å²) < 4.78 is 28.0. The third-order valence-corrected chi connectivity index (χ3v) is 4.95. The van der Waals surface area contributed by atoms with E-state index in [-0.39, 0.29) is 11.2 Å². The number of aromatic amines is 1. The summed E-state index contributed by atoms with van der Waals surface area (Å²) >= 11 is 0. The van der Waals surface area contributed by atoms with Crippen molar-refractivity contribution in [1.82, 2.24) is 14.5 Å². The van der Waals surface area contributed by atoms with E-state index in [1.165, 1.54) is 10.6 Å². The van der Waals surface area contributed by atoms with Gasteiger partial charge in [0.15, 0.2) is 11.6 Å². The molecule has 3 rings (SSSR count). The van der Waals surface area contributed by atoms with Crippen LogP contribution >= 0.6 is 0 Å². The average Bonchev–Trinajstić information content (AvgIpc) is 2.65. The zero-order valence-corrected chi connectivity index (χ0v) is 15.4. The molecule has 1 aliphatic heterocycles. The fourth-order valence-electron chi connectivity index (χ4n) is 3.31. The minimum Gasteiger partial charge on any atom is -0.369 e. The van der Waals surface area contributed by atoms with E-state index < -0.39 is 11.6 Å². The Morgan fingerprint density at radius 2 is 1.70 bits per heavy atom. The van der Waals surface area contributed by atoms with E-state index in [4.69, 9.17) is 0 Å². The molecule has 27 heavy (non-hydrogen) atoms. The molecule has 1 aliphatic rings. The van der Waals surface area contributed by atoms with Crippen LogP contribution in [0.1, 0.15) is 18.4 Å². The Balaban J connectivity index is 1.42. The van der Waals surface area contributed by atoms with Crippen LogP contribution in [0.15, 0.2) is 34.0 Å². The maximum absolute atomic E-state index is 13.4. The van der Waals surface area contributed by atoms with Gasteiger partial charge < -0.3 is 9.47 Å². The van der Waals surface area contributed by atoms with Gasteiger partial charge in [-0.25, -0.2) is 13.6 Å². The summed E-state index contributed by atoms with van der Waals surface area (Å²) in [5, 5.41) is 0. The monoisotopic (exact) mass is 378 g/mol. The molecule has 1 aromatic heterocycles. The van der Waals surface area contributed by atoms with Gasteiger partial charge in [-0.2, -0.15) is 0 Å². The number of nitrogens with one attached hydrogen (secondary N) is 1. The van der Waals surface area contributed by atoms with Gasteiger partial charge in [0, 0.05) is 56.2 Å². The standard InChI is InChI=1S/C19H24F2N4O2/c1-14-13-25(19(27)22-18(14)26)7-3-2-6-23-8-10-24(11-9-23)15-4-5-16(20)17(21)12-15/h4-5,12-13H,2-3,6-11H2,1H3,(H,22,26,27). The molecule has 0 spiro atoms. The molecule has 0 atom stereocenters. The van der Waals surface area contributed by atoms with E-state index >= 15 is 0 Å². The van der Waals surface area contributed by atoms with Gasteiger partial charge in [0.05, 0.1) is 0 Å². The third kappa shape index (κ3) is 4.82. The highest BCUT2D eigenvalue weighted by molar-refractivity contribution is 5.47. The van der Waals surface area contributed by atoms with Crippen LogP contribution < -0.4 is 16.1 Å². The van der Waals surface area contributed by atoms with Crippen molar-refractivity contribution in [2.75, 3.05) is 37.6 Å². The van der Waals surface area contributed by atoms with Gasteiger partial charge in [0.25, 0.3) is 5.56 Å². The number of benzene rings is 1. The molecule has 0 bridgehead atoms. The quantitative estimate of drug-likeness (QED) is 0.778. The normalized spacial score (nSPS) is 15.3. The van der Waals surface area contributed by atoms with Crippen molar-refractivity contribution >= 4 is 5.69 Å². The topological polar surface area (TPSA) is 61.3 Å². The Hall–Kier alpha value is -2.48. The molecule has 0 unspecified atom stereocenters. The van der Waals surface area contributed by atoms with Crippen molar-refractivity contribution in [3.8, 4) is 0 Å². The minimum atomic E-state index is -0.825. The predicted molar refractivity (Wildman–Crippen MR) is 100 cm³/mol. The Kier molecular flexibility index (Phi) is 6.05. The lowest BCUT2D eigenvalue weighted by atomic mass is 10.2. The number of H-pyrrole nitrogens is 1. The molecule has 6 nitrogen and oxygen atoms in total. The van der Waals surface area contributed by atoms with Gasteiger partial charge in [-0.15, -0.1) is 0 Å². The lowest BCUT2D eigenvalue weighted by Crippen LogP contribution is -2.46. The fraction of sp³-hybridized carbons (Fsp3) is 0.474. The third-order valence-electron chi connectivity index (χ3n) is 4.95. The van der Waals surface area contributed by atoms with E-state index in [1.54, 1.807) is 19.2 Å². The molecule has 8 heteroatoms. The SMILES string of the molecule is Cc1cn(CCCCN2CCN(c3ccc(F)c(F)c3)CC2)c(=O)[nH]c1=O. The van der Waals surface area contributed by atoms with Gasteiger partial charge >= 0.3 is 5.69 Å². The van der Waals surface area contributed by atoms with E-state index in [1.807, 2.05) is 0 Å². The van der Waals surface area contributed by atoms with Crippen LogP contribution in [0.5, 0.6) is 0 Å². The number of halogens is 2. The number of rotatable bonds is 6. The number of hydrogen-bond acceptors (Lipinski definition) is 4. The second-order valence-corrected chi connectivity index (χ2v) is 6.90. The van der Waals surface area contributed by atoms with Crippen LogP contribution in [0, 0.1) is 18.6 Å². The van der Waals surface area contributed by atoms with E-state index in [9.17, 15) is 18.4 Å². The van der Waals surface area contributed by atoms with Gasteiger partial charge in [0.2, 0.25) is 0 Å². The molecule has 1 fully saturated rings. The van der Waals surface area contributed by atoms with Gasteiger partial charge in [0.1, 0.15) is 0 Å². The maximum atomic E-state index is 13.4. The molecule has 0 amide bonds. The van der Waals surface area contributed by atoms with Crippen molar-refractivity contribution in [3.05, 3.63) is 62.4 Å². The number of hydrogen-bond donors (Lipinski definition) is 1. The molecule has 146 valence electrons. The molecule has 0 radical (unpaired) electrons. The average molecular weight is 378 g/mol. The predicted octanol–water partition coefficient (Wildman–Crippen LogP) is 1.73. The van der Waals surface area contributed by atoms with Crippen molar-refractivity contribution in [2.45, 2.75) is 26.3 Å². The lowest BCUT2D eigenvalue weighted by molar-refractivity contribution is 0.251. The first kappa shape index (κ1) is 19.3. The molecular formula is C19H24F2N4O2. The molecule has 1 N–H and O–H groups in total. The van der Waals surface area contributed by atoms with Gasteiger partial charge in [-0.1, -0.05) is 0 Å². The zero-order valence-electron chi connectivity index (χ0n) is 15.4. The summed E-state index contributed by atoms with van der Waals surface area (Å²) in [6, 6.07) is 4.02. The molecule has 1 saturated heterocycles. The summed E-state index contributed by atoms with van der Waals surface area (Å²) in [7, 11) is 0. The first-order valence-corrected chi connectivity index (χ1v) is 9.17. The number of piperazine rings is 1. The van der Waals surface area contributed by atoms with E-state index in [0.29, 0.717) is 17.8 Å². The number of aromatic nitrogens is 2. The van der Waals surface area contributed by atoms with Crippen molar-refractivity contribution in [3.63, 3.8) is 0 Å². The smallest absolute Gasteiger partial charge is 0.328 e. The first-order valence-electron chi connectivity index (χ1n) is 9.17. The van der Waals surface area contributed by atoms with Crippen molar-refractivity contribution in [2.24, 2.45) is 0 Å². The Morgan fingerprint density at radius 1 is 1.00 bits per heavy atom. The number of nitrogens with zero attached hydrogens (tertiary/aromatic N) is 3. The summed E-state index contributed by atoms with van der Waals surface area (Å²) in [4.78, 5) is 29.8. The molecule has 0 saturated carbocycles. The Morgan fingerprint density at radius 3 is 2.41 bits per heavy atom. The van der Waals surface area contributed by atoms with E-state index in [0.717, 1.165) is 51.6 Å². The second kappa shape index (κ2) is 8.47. The van der Waals surface area contributed by atoms with Gasteiger partial charge in [-0.3, -0.25) is 14.7 Å². The number of unbranched alkanes of at least 4 members (excludes halogenated alkanes) is 1. The highest BCUT2D eigenvalue weighted by Gasteiger charge is 2.17. The highest BCUT2D eigenvalue weighted by atomic mass is 19.2. The first-order chi connectivity index (χ1) is 12.9. The molecule has 2 aromatic rings.